The van der Waals surface area contributed by atoms with Gasteiger partial charge in [0.05, 0.1) is 24.3 Å². The Morgan fingerprint density at radius 2 is 1.53 bits per heavy atom. The fourth-order valence-corrected chi connectivity index (χ4v) is 5.13. The standard InChI is InChI=1S/C24H30N2O7S/c1-4-32-19-11-13-21(14-12-19)34(29,30)26(2)18-7-9-20(10-8-18)33-17-22(27)25-24(23(28)31-3)15-5-6-16-24/h7-14H,4-6,15-17H2,1-3H3,(H,25,27). The van der Waals surface area contributed by atoms with Crippen LogP contribution in [0.2, 0.25) is 0 Å². The molecule has 1 N–H and O–H groups in total. The average molecular weight is 491 g/mol. The van der Waals surface area contributed by atoms with Crippen LogP contribution < -0.4 is 19.1 Å². The van der Waals surface area contributed by atoms with E-state index in [1.165, 1.54) is 30.6 Å². The lowest BCUT2D eigenvalue weighted by Crippen LogP contribution is -2.54. The second-order valence-electron chi connectivity index (χ2n) is 7.99. The molecule has 10 heteroatoms. The quantitative estimate of drug-likeness (QED) is 0.510. The van der Waals surface area contributed by atoms with Crippen LogP contribution in [-0.2, 0) is 24.3 Å². The molecule has 2 aromatic carbocycles. The van der Waals surface area contributed by atoms with E-state index in [0.717, 1.165) is 12.8 Å². The summed E-state index contributed by atoms with van der Waals surface area (Å²) in [6, 6.07) is 12.6. The van der Waals surface area contributed by atoms with E-state index in [4.69, 9.17) is 14.2 Å². The van der Waals surface area contributed by atoms with Gasteiger partial charge in [-0.05, 0) is 68.3 Å². The summed E-state index contributed by atoms with van der Waals surface area (Å²) < 4.78 is 42.8. The zero-order valence-electron chi connectivity index (χ0n) is 19.6. The lowest BCUT2D eigenvalue weighted by atomic mass is 9.98. The third kappa shape index (κ3) is 5.61. The van der Waals surface area contributed by atoms with E-state index in [0.29, 0.717) is 36.6 Å². The first-order chi connectivity index (χ1) is 16.2. The van der Waals surface area contributed by atoms with Crippen LogP contribution in [0.3, 0.4) is 0 Å². The van der Waals surface area contributed by atoms with Crippen LogP contribution in [0.15, 0.2) is 53.4 Å². The lowest BCUT2D eigenvalue weighted by Gasteiger charge is -2.27. The van der Waals surface area contributed by atoms with Crippen molar-refractivity contribution < 1.29 is 32.2 Å². The number of nitrogens with one attached hydrogen (secondary N) is 1. The van der Waals surface area contributed by atoms with E-state index in [2.05, 4.69) is 5.32 Å². The second kappa shape index (κ2) is 10.8. The fraction of sp³-hybridized carbons (Fsp3) is 0.417. The summed E-state index contributed by atoms with van der Waals surface area (Å²) in [6.07, 6.45) is 2.75. The second-order valence-corrected chi connectivity index (χ2v) is 9.96. The maximum absolute atomic E-state index is 12.9. The molecule has 0 saturated heterocycles. The molecular formula is C24H30N2O7S. The number of carbonyl (C=O) groups excluding carboxylic acids is 2. The number of methoxy groups -OCH3 is 1. The van der Waals surface area contributed by atoms with Gasteiger partial charge in [-0.25, -0.2) is 13.2 Å². The predicted octanol–water partition coefficient (Wildman–Crippen LogP) is 2.89. The molecule has 184 valence electrons. The summed E-state index contributed by atoms with van der Waals surface area (Å²) in [7, 11) is -0.998. The smallest absolute Gasteiger partial charge is 0.331 e. The number of rotatable bonds is 10. The van der Waals surface area contributed by atoms with Crippen LogP contribution in [-0.4, -0.2) is 53.2 Å². The van der Waals surface area contributed by atoms with Crippen molar-refractivity contribution in [1.29, 1.82) is 0 Å². The zero-order valence-corrected chi connectivity index (χ0v) is 20.4. The molecule has 1 aliphatic carbocycles. The molecule has 9 nitrogen and oxygen atoms in total. The molecule has 0 aliphatic heterocycles. The maximum Gasteiger partial charge on any atom is 0.331 e. The van der Waals surface area contributed by atoms with Gasteiger partial charge < -0.3 is 19.5 Å². The van der Waals surface area contributed by atoms with Crippen LogP contribution in [0.4, 0.5) is 5.69 Å². The number of esters is 1. The van der Waals surface area contributed by atoms with Crippen molar-refractivity contribution in [3.8, 4) is 11.5 Å². The van der Waals surface area contributed by atoms with Crippen LogP contribution >= 0.6 is 0 Å². The van der Waals surface area contributed by atoms with Crippen molar-refractivity contribution in [3.63, 3.8) is 0 Å². The first-order valence-electron chi connectivity index (χ1n) is 11.1. The van der Waals surface area contributed by atoms with Gasteiger partial charge >= 0.3 is 5.97 Å². The molecule has 0 radical (unpaired) electrons. The molecule has 1 aliphatic rings. The molecule has 0 unspecified atom stereocenters. The van der Waals surface area contributed by atoms with E-state index in [9.17, 15) is 18.0 Å². The monoisotopic (exact) mass is 490 g/mol. The first-order valence-corrected chi connectivity index (χ1v) is 12.5. The van der Waals surface area contributed by atoms with Gasteiger partial charge in [-0.3, -0.25) is 9.10 Å². The molecule has 0 spiro atoms. The van der Waals surface area contributed by atoms with E-state index < -0.39 is 27.4 Å². The summed E-state index contributed by atoms with van der Waals surface area (Å²) in [5.74, 6) is 0.121. The van der Waals surface area contributed by atoms with E-state index in [1.54, 1.807) is 36.4 Å². The van der Waals surface area contributed by atoms with Gasteiger partial charge in [0.1, 0.15) is 17.0 Å². The van der Waals surface area contributed by atoms with Crippen molar-refractivity contribution in [3.05, 3.63) is 48.5 Å². The number of sulfonamides is 1. The highest BCUT2D eigenvalue weighted by Crippen LogP contribution is 2.31. The molecule has 0 bridgehead atoms. The van der Waals surface area contributed by atoms with E-state index >= 15 is 0 Å². The number of benzene rings is 2. The van der Waals surface area contributed by atoms with Gasteiger partial charge in [-0.2, -0.15) is 0 Å². The van der Waals surface area contributed by atoms with Gasteiger partial charge in [0.2, 0.25) is 0 Å². The SMILES string of the molecule is CCOc1ccc(S(=O)(=O)N(C)c2ccc(OCC(=O)NC3(C(=O)OC)CCCC3)cc2)cc1. The Kier molecular flexibility index (Phi) is 8.03. The Morgan fingerprint density at radius 1 is 0.971 bits per heavy atom. The molecule has 0 aromatic heterocycles. The number of hydrogen-bond acceptors (Lipinski definition) is 7. The minimum Gasteiger partial charge on any atom is -0.494 e. The molecule has 1 amide bonds. The van der Waals surface area contributed by atoms with Crippen molar-refractivity contribution in [2.75, 3.05) is 31.7 Å². The van der Waals surface area contributed by atoms with E-state index in [-0.39, 0.29) is 11.5 Å². The highest BCUT2D eigenvalue weighted by molar-refractivity contribution is 7.92. The average Bonchev–Trinajstić information content (AvgIpc) is 3.32. The van der Waals surface area contributed by atoms with Crippen molar-refractivity contribution >= 4 is 27.6 Å². The van der Waals surface area contributed by atoms with Gasteiger partial charge in [-0.15, -0.1) is 0 Å². The Bertz CT molecular complexity index is 1090. The summed E-state index contributed by atoms with van der Waals surface area (Å²) in [5.41, 5.74) is -0.557. The molecular weight excluding hydrogens is 460 g/mol. The van der Waals surface area contributed by atoms with Gasteiger partial charge in [0.15, 0.2) is 6.61 Å². The Balaban J connectivity index is 1.61. The number of anilines is 1. The Labute approximate surface area is 200 Å². The van der Waals surface area contributed by atoms with Gasteiger partial charge in [-0.1, -0.05) is 12.8 Å². The lowest BCUT2D eigenvalue weighted by molar-refractivity contribution is -0.151. The molecule has 34 heavy (non-hydrogen) atoms. The number of nitrogens with zero attached hydrogens (tertiary/aromatic N) is 1. The molecule has 1 saturated carbocycles. The topological polar surface area (TPSA) is 111 Å². The highest BCUT2D eigenvalue weighted by atomic mass is 32.2. The molecule has 3 rings (SSSR count). The summed E-state index contributed by atoms with van der Waals surface area (Å²) in [4.78, 5) is 24.7. The molecule has 0 heterocycles. The Hall–Kier alpha value is -3.27. The minimum absolute atomic E-state index is 0.141. The Morgan fingerprint density at radius 3 is 2.09 bits per heavy atom. The third-order valence-corrected chi connectivity index (χ3v) is 7.58. The molecule has 2 aromatic rings. The maximum atomic E-state index is 12.9. The third-order valence-electron chi connectivity index (χ3n) is 5.78. The number of hydrogen-bond donors (Lipinski definition) is 1. The van der Waals surface area contributed by atoms with Crippen molar-refractivity contribution in [2.45, 2.75) is 43.0 Å². The van der Waals surface area contributed by atoms with Crippen LogP contribution in [0, 0.1) is 0 Å². The van der Waals surface area contributed by atoms with Crippen molar-refractivity contribution in [1.82, 2.24) is 5.32 Å². The van der Waals surface area contributed by atoms with Gasteiger partial charge in [0.25, 0.3) is 15.9 Å². The highest BCUT2D eigenvalue weighted by Gasteiger charge is 2.43. The first kappa shape index (κ1) is 25.4. The fourth-order valence-electron chi connectivity index (χ4n) is 3.93. The number of carbonyl (C=O) groups is 2. The molecule has 1 fully saturated rings. The number of ether oxygens (including phenoxy) is 3. The summed E-state index contributed by atoms with van der Waals surface area (Å²) in [5, 5.41) is 2.76. The normalized spacial score (nSPS) is 14.8. The van der Waals surface area contributed by atoms with Crippen molar-refractivity contribution in [2.24, 2.45) is 0 Å². The molecule has 0 atom stereocenters. The summed E-state index contributed by atoms with van der Waals surface area (Å²) in [6.45, 7) is 2.07. The van der Waals surface area contributed by atoms with Crippen LogP contribution in [0.5, 0.6) is 11.5 Å². The predicted molar refractivity (Wildman–Crippen MR) is 126 cm³/mol. The van der Waals surface area contributed by atoms with Crippen LogP contribution in [0.25, 0.3) is 0 Å². The summed E-state index contributed by atoms with van der Waals surface area (Å²) >= 11 is 0. The number of amides is 1. The largest absolute Gasteiger partial charge is 0.494 e. The van der Waals surface area contributed by atoms with Gasteiger partial charge in [0, 0.05) is 7.05 Å². The van der Waals surface area contributed by atoms with Crippen LogP contribution in [0.1, 0.15) is 32.6 Å². The minimum atomic E-state index is -3.76. The van der Waals surface area contributed by atoms with E-state index in [1.807, 2.05) is 6.92 Å². The zero-order chi connectivity index (χ0) is 24.8.